The Balaban J connectivity index is 1.85. The second-order valence-corrected chi connectivity index (χ2v) is 8.42. The molecule has 2 aromatic carbocycles. The number of imidazole rings is 1. The van der Waals surface area contributed by atoms with Gasteiger partial charge in [0.05, 0.1) is 27.8 Å². The first-order chi connectivity index (χ1) is 15.4. The first-order valence-corrected chi connectivity index (χ1v) is 10.6. The number of nitrogens with zero attached hydrogens (tertiary/aromatic N) is 4. The smallest absolute Gasteiger partial charge is 0.278 e. The van der Waals surface area contributed by atoms with Crippen LogP contribution >= 0.6 is 15.9 Å². The molecule has 7 nitrogen and oxygen atoms in total. The van der Waals surface area contributed by atoms with E-state index in [-0.39, 0.29) is 11.1 Å². The van der Waals surface area contributed by atoms with Crippen LogP contribution in [0, 0.1) is 25.2 Å². The minimum Gasteiger partial charge on any atom is -0.295 e. The van der Waals surface area contributed by atoms with E-state index in [0.29, 0.717) is 50.0 Å². The molecule has 0 saturated heterocycles. The molecule has 0 atom stereocenters. The lowest BCUT2D eigenvalue weighted by Gasteiger charge is -2.02. The number of nitrogens with one attached hydrogen (secondary N) is 1. The summed E-state index contributed by atoms with van der Waals surface area (Å²) in [5, 5.41) is 13.2. The van der Waals surface area contributed by atoms with Gasteiger partial charge in [0.25, 0.3) is 11.1 Å². The van der Waals surface area contributed by atoms with Gasteiger partial charge in [-0.15, -0.1) is 0 Å². The molecule has 1 N–H and O–H groups in total. The Hall–Kier alpha value is -3.96. The number of aromatic amines is 1. The molecule has 156 valence electrons. The van der Waals surface area contributed by atoms with Crippen LogP contribution in [-0.2, 0) is 0 Å². The number of para-hydroxylation sites is 2. The van der Waals surface area contributed by atoms with Crippen LogP contribution in [0.2, 0.25) is 0 Å². The Bertz CT molecular complexity index is 1750. The fraction of sp³-hybridized carbons (Fsp3) is 0.0833. The number of hydrogen-bond donors (Lipinski definition) is 1. The largest absolute Gasteiger partial charge is 0.295 e. The van der Waals surface area contributed by atoms with E-state index < -0.39 is 0 Å². The third-order valence-electron chi connectivity index (χ3n) is 5.60. The number of benzene rings is 2. The molecule has 0 aliphatic carbocycles. The summed E-state index contributed by atoms with van der Waals surface area (Å²) in [5.74, 6) is 0. The topological polar surface area (TPSA) is 95.9 Å². The highest BCUT2D eigenvalue weighted by molar-refractivity contribution is 9.10. The number of hydrogen-bond acceptors (Lipinski definition) is 4. The van der Waals surface area contributed by atoms with Crippen molar-refractivity contribution in [1.29, 1.82) is 5.26 Å². The molecule has 0 aliphatic rings. The molecule has 0 bridgehead atoms. The van der Waals surface area contributed by atoms with E-state index in [1.54, 1.807) is 32.1 Å². The number of halogens is 1. The molecular weight excluding hydrogens is 470 g/mol. The molecule has 3 aromatic heterocycles. The fourth-order valence-electron chi connectivity index (χ4n) is 3.93. The summed E-state index contributed by atoms with van der Waals surface area (Å²) in [6, 6.07) is 16.7. The van der Waals surface area contributed by atoms with Crippen LogP contribution in [0.5, 0.6) is 0 Å². The Morgan fingerprint density at radius 2 is 1.78 bits per heavy atom. The van der Waals surface area contributed by atoms with Gasteiger partial charge in [0, 0.05) is 15.4 Å². The highest BCUT2D eigenvalue weighted by atomic mass is 79.9. The minimum atomic E-state index is -0.319. The highest BCUT2D eigenvalue weighted by Crippen LogP contribution is 2.18. The van der Waals surface area contributed by atoms with Gasteiger partial charge in [-0.1, -0.05) is 28.1 Å². The second kappa shape index (κ2) is 7.32. The number of aromatic nitrogens is 4. The van der Waals surface area contributed by atoms with Crippen LogP contribution < -0.4 is 16.3 Å². The third-order valence-corrected chi connectivity index (χ3v) is 6.13. The van der Waals surface area contributed by atoms with E-state index in [2.05, 4.69) is 32.1 Å². The molecule has 3 heterocycles. The van der Waals surface area contributed by atoms with Crippen LogP contribution in [0.1, 0.15) is 22.4 Å². The third kappa shape index (κ3) is 2.90. The molecule has 0 aliphatic heterocycles. The van der Waals surface area contributed by atoms with Gasteiger partial charge < -0.3 is 0 Å². The number of fused-ring (bicyclic) bond motifs is 3. The average molecular weight is 486 g/mol. The van der Waals surface area contributed by atoms with Crippen molar-refractivity contribution in [3.05, 3.63) is 101 Å². The zero-order chi connectivity index (χ0) is 22.6. The van der Waals surface area contributed by atoms with Gasteiger partial charge in [-0.25, -0.2) is 9.67 Å². The van der Waals surface area contributed by atoms with Gasteiger partial charge >= 0.3 is 0 Å². The summed E-state index contributed by atoms with van der Waals surface area (Å²) in [5.41, 5.74) is 3.44. The SMILES string of the molecule is Cc1[nH]n(-c2ccc(Br)cc2)c(=O)c1/C=c1/c(C)c(C#N)c2nc3ccccc3n2c1=O. The van der Waals surface area contributed by atoms with Gasteiger partial charge in [0.1, 0.15) is 6.07 Å². The van der Waals surface area contributed by atoms with Crippen LogP contribution in [0.4, 0.5) is 0 Å². The predicted molar refractivity (Wildman–Crippen MR) is 126 cm³/mol. The van der Waals surface area contributed by atoms with Crippen molar-refractivity contribution < 1.29 is 0 Å². The van der Waals surface area contributed by atoms with Crippen LogP contribution in [-0.4, -0.2) is 19.2 Å². The number of nitriles is 1. The molecule has 0 radical (unpaired) electrons. The maximum Gasteiger partial charge on any atom is 0.278 e. The van der Waals surface area contributed by atoms with Crippen molar-refractivity contribution in [3.63, 3.8) is 0 Å². The van der Waals surface area contributed by atoms with Crippen molar-refractivity contribution in [3.8, 4) is 11.8 Å². The zero-order valence-corrected chi connectivity index (χ0v) is 18.8. The van der Waals surface area contributed by atoms with E-state index in [0.717, 1.165) is 4.47 Å². The lowest BCUT2D eigenvalue weighted by molar-refractivity contribution is 0.835. The monoisotopic (exact) mass is 485 g/mol. The van der Waals surface area contributed by atoms with Gasteiger partial charge in [-0.05, 0) is 61.9 Å². The summed E-state index contributed by atoms with van der Waals surface area (Å²) < 4.78 is 3.78. The van der Waals surface area contributed by atoms with Crippen LogP contribution in [0.15, 0.2) is 62.6 Å². The molecule has 32 heavy (non-hydrogen) atoms. The summed E-state index contributed by atoms with van der Waals surface area (Å²) >= 11 is 3.39. The summed E-state index contributed by atoms with van der Waals surface area (Å²) in [6.45, 7) is 3.49. The second-order valence-electron chi connectivity index (χ2n) is 7.50. The number of H-pyrrole nitrogens is 1. The molecule has 0 unspecified atom stereocenters. The van der Waals surface area contributed by atoms with E-state index in [1.165, 1.54) is 9.08 Å². The maximum absolute atomic E-state index is 13.5. The summed E-state index contributed by atoms with van der Waals surface area (Å²) in [4.78, 5) is 31.2. The first-order valence-electron chi connectivity index (χ1n) is 9.84. The average Bonchev–Trinajstić information content (AvgIpc) is 3.30. The number of aryl methyl sites for hydroxylation is 1. The van der Waals surface area contributed by atoms with Crippen molar-refractivity contribution in [2.24, 2.45) is 0 Å². The van der Waals surface area contributed by atoms with Crippen molar-refractivity contribution in [2.45, 2.75) is 13.8 Å². The van der Waals surface area contributed by atoms with Gasteiger partial charge in [0.2, 0.25) is 0 Å². The van der Waals surface area contributed by atoms with Crippen molar-refractivity contribution >= 4 is 38.7 Å². The van der Waals surface area contributed by atoms with Gasteiger partial charge in [0.15, 0.2) is 5.65 Å². The van der Waals surface area contributed by atoms with E-state index >= 15 is 0 Å². The number of rotatable bonds is 2. The Morgan fingerprint density at radius 3 is 2.50 bits per heavy atom. The quantitative estimate of drug-likeness (QED) is 0.415. The van der Waals surface area contributed by atoms with E-state index in [1.807, 2.05) is 36.4 Å². The first kappa shape index (κ1) is 20.0. The highest BCUT2D eigenvalue weighted by Gasteiger charge is 2.17. The Labute approximate surface area is 190 Å². The molecule has 8 heteroatoms. The summed E-state index contributed by atoms with van der Waals surface area (Å²) in [6.07, 6.45) is 1.57. The molecular formula is C24H16BrN5O2. The van der Waals surface area contributed by atoms with Gasteiger partial charge in [-0.3, -0.25) is 19.1 Å². The van der Waals surface area contributed by atoms with Crippen molar-refractivity contribution in [2.75, 3.05) is 0 Å². The molecule has 5 rings (SSSR count). The molecule has 0 fully saturated rings. The maximum atomic E-state index is 13.5. The summed E-state index contributed by atoms with van der Waals surface area (Å²) in [7, 11) is 0. The van der Waals surface area contributed by atoms with Gasteiger partial charge in [-0.2, -0.15) is 5.26 Å². The van der Waals surface area contributed by atoms with E-state index in [9.17, 15) is 14.9 Å². The normalized spacial score (nSPS) is 12.0. The predicted octanol–water partition coefficient (Wildman–Crippen LogP) is 3.13. The Kier molecular flexibility index (Phi) is 4.57. The Morgan fingerprint density at radius 1 is 1.06 bits per heavy atom. The van der Waals surface area contributed by atoms with Crippen LogP contribution in [0.25, 0.3) is 28.4 Å². The standard InChI is InChI=1S/C24H16BrN5O2/c1-13-17(11-18-14(2)28-30(24(18)32)16-9-7-15(25)8-10-16)23(31)29-21-6-4-3-5-20(21)27-22(29)19(13)12-26/h3-11,28H,1-2H3/b17-11-. The minimum absolute atomic E-state index is 0.280. The molecule has 0 amide bonds. The zero-order valence-electron chi connectivity index (χ0n) is 17.2. The lowest BCUT2D eigenvalue weighted by atomic mass is 10.1. The lowest BCUT2D eigenvalue weighted by Crippen LogP contribution is -2.34. The molecule has 0 saturated carbocycles. The molecule has 5 aromatic rings. The molecule has 0 spiro atoms. The number of pyridine rings is 1. The fourth-order valence-corrected chi connectivity index (χ4v) is 4.20. The van der Waals surface area contributed by atoms with Crippen LogP contribution in [0.3, 0.4) is 0 Å². The van der Waals surface area contributed by atoms with E-state index in [4.69, 9.17) is 0 Å². The van der Waals surface area contributed by atoms with Crippen molar-refractivity contribution in [1.82, 2.24) is 19.2 Å².